The lowest BCUT2D eigenvalue weighted by molar-refractivity contribution is -0.121. The molecule has 0 aliphatic carbocycles. The predicted molar refractivity (Wildman–Crippen MR) is 66.3 cm³/mol. The first kappa shape index (κ1) is 15.1. The predicted octanol–water partition coefficient (Wildman–Crippen LogP) is 2.83. The molecule has 0 aromatic heterocycles. The molecule has 0 aliphatic rings. The maximum Gasteiger partial charge on any atom is 0.217 e. The SMILES string of the molecule is CCCCCC[C@H](CC(=O)CC)NC(C)=O. The number of carbonyl (C=O) groups is 2. The highest BCUT2D eigenvalue weighted by atomic mass is 16.1. The van der Waals surface area contributed by atoms with E-state index < -0.39 is 0 Å². The molecular weight excluding hydrogens is 202 g/mol. The molecule has 0 heterocycles. The van der Waals surface area contributed by atoms with Crippen molar-refractivity contribution in [3.05, 3.63) is 0 Å². The Bertz CT molecular complexity index is 214. The number of hydrogen-bond donors (Lipinski definition) is 1. The van der Waals surface area contributed by atoms with Crippen LogP contribution < -0.4 is 5.32 Å². The molecule has 0 unspecified atom stereocenters. The van der Waals surface area contributed by atoms with Crippen molar-refractivity contribution in [2.45, 2.75) is 71.8 Å². The van der Waals surface area contributed by atoms with Crippen LogP contribution in [0.5, 0.6) is 0 Å². The number of nitrogens with one attached hydrogen (secondary N) is 1. The average molecular weight is 227 g/mol. The van der Waals surface area contributed by atoms with Gasteiger partial charge in [-0.15, -0.1) is 0 Å². The van der Waals surface area contributed by atoms with Crippen LogP contribution in [-0.2, 0) is 9.59 Å². The minimum atomic E-state index is -0.0376. The smallest absolute Gasteiger partial charge is 0.217 e. The molecule has 1 atom stereocenters. The molecular formula is C13H25NO2. The van der Waals surface area contributed by atoms with E-state index in [-0.39, 0.29) is 17.7 Å². The standard InChI is InChI=1S/C13H25NO2/c1-4-6-7-8-9-12(14-11(3)15)10-13(16)5-2/h12H,4-10H2,1-3H3,(H,14,15)/t12-/m1/s1. The highest BCUT2D eigenvalue weighted by Gasteiger charge is 2.13. The molecule has 1 N–H and O–H groups in total. The van der Waals surface area contributed by atoms with Gasteiger partial charge in [0.05, 0.1) is 0 Å². The summed E-state index contributed by atoms with van der Waals surface area (Å²) in [5.41, 5.74) is 0. The fourth-order valence-electron chi connectivity index (χ4n) is 1.75. The van der Waals surface area contributed by atoms with E-state index in [0.717, 1.165) is 12.8 Å². The highest BCUT2D eigenvalue weighted by molar-refractivity contribution is 5.80. The van der Waals surface area contributed by atoms with Crippen LogP contribution in [0.15, 0.2) is 0 Å². The molecule has 16 heavy (non-hydrogen) atoms. The second-order valence-corrected chi connectivity index (χ2v) is 4.34. The fourth-order valence-corrected chi connectivity index (χ4v) is 1.75. The first-order chi connectivity index (χ1) is 7.60. The summed E-state index contributed by atoms with van der Waals surface area (Å²) in [5.74, 6) is 0.193. The lowest BCUT2D eigenvalue weighted by Gasteiger charge is -2.16. The summed E-state index contributed by atoms with van der Waals surface area (Å²) in [7, 11) is 0. The van der Waals surface area contributed by atoms with Crippen molar-refractivity contribution >= 4 is 11.7 Å². The van der Waals surface area contributed by atoms with E-state index in [1.54, 1.807) is 0 Å². The first-order valence-electron chi connectivity index (χ1n) is 6.38. The van der Waals surface area contributed by atoms with E-state index in [0.29, 0.717) is 12.8 Å². The minimum Gasteiger partial charge on any atom is -0.353 e. The molecule has 1 amide bonds. The molecule has 0 aromatic carbocycles. The number of rotatable bonds is 9. The van der Waals surface area contributed by atoms with Gasteiger partial charge in [-0.1, -0.05) is 39.5 Å². The van der Waals surface area contributed by atoms with Crippen molar-refractivity contribution in [2.75, 3.05) is 0 Å². The number of unbranched alkanes of at least 4 members (excludes halogenated alkanes) is 3. The van der Waals surface area contributed by atoms with E-state index in [1.807, 2.05) is 6.92 Å². The summed E-state index contributed by atoms with van der Waals surface area (Å²) in [6.07, 6.45) is 6.69. The zero-order valence-electron chi connectivity index (χ0n) is 10.8. The number of Topliss-reactive ketones (excluding diaryl/α,β-unsaturated/α-hetero) is 1. The van der Waals surface area contributed by atoms with Crippen LogP contribution in [0, 0.1) is 0 Å². The number of ketones is 1. The van der Waals surface area contributed by atoms with Crippen molar-refractivity contribution in [3.63, 3.8) is 0 Å². The van der Waals surface area contributed by atoms with Crippen molar-refractivity contribution in [3.8, 4) is 0 Å². The van der Waals surface area contributed by atoms with Crippen LogP contribution in [0.4, 0.5) is 0 Å². The van der Waals surface area contributed by atoms with Crippen LogP contribution in [0.2, 0.25) is 0 Å². The molecule has 0 aromatic rings. The topological polar surface area (TPSA) is 46.2 Å². The number of hydrogen-bond acceptors (Lipinski definition) is 2. The molecule has 94 valence electrons. The van der Waals surface area contributed by atoms with Gasteiger partial charge in [0.15, 0.2) is 0 Å². The summed E-state index contributed by atoms with van der Waals surface area (Å²) in [4.78, 5) is 22.3. The second kappa shape index (κ2) is 9.37. The van der Waals surface area contributed by atoms with E-state index in [2.05, 4.69) is 12.2 Å². The van der Waals surface area contributed by atoms with Crippen LogP contribution in [0.25, 0.3) is 0 Å². The van der Waals surface area contributed by atoms with Gasteiger partial charge in [0, 0.05) is 25.8 Å². The van der Waals surface area contributed by atoms with Gasteiger partial charge in [0.25, 0.3) is 0 Å². The molecule has 0 fully saturated rings. The Morgan fingerprint density at radius 1 is 1.12 bits per heavy atom. The molecule has 3 nitrogen and oxygen atoms in total. The molecule has 0 spiro atoms. The van der Waals surface area contributed by atoms with Gasteiger partial charge in [-0.25, -0.2) is 0 Å². The van der Waals surface area contributed by atoms with Crippen LogP contribution in [0.3, 0.4) is 0 Å². The molecule has 0 radical (unpaired) electrons. The third-order valence-corrected chi connectivity index (χ3v) is 2.68. The third-order valence-electron chi connectivity index (χ3n) is 2.68. The van der Waals surface area contributed by atoms with Crippen LogP contribution in [-0.4, -0.2) is 17.7 Å². The summed E-state index contributed by atoms with van der Waals surface area (Å²) >= 11 is 0. The third kappa shape index (κ3) is 8.45. The summed E-state index contributed by atoms with van der Waals surface area (Å²) in [6, 6.07) is 0.0433. The lowest BCUT2D eigenvalue weighted by atomic mass is 10.0. The zero-order valence-corrected chi connectivity index (χ0v) is 10.8. The monoisotopic (exact) mass is 227 g/mol. The van der Waals surface area contributed by atoms with E-state index in [1.165, 1.54) is 26.2 Å². The van der Waals surface area contributed by atoms with Crippen molar-refractivity contribution in [1.82, 2.24) is 5.32 Å². The Morgan fingerprint density at radius 3 is 2.31 bits per heavy atom. The van der Waals surface area contributed by atoms with Gasteiger partial charge < -0.3 is 5.32 Å². The maximum atomic E-state index is 11.3. The maximum absolute atomic E-state index is 11.3. The second-order valence-electron chi connectivity index (χ2n) is 4.34. The van der Waals surface area contributed by atoms with Crippen molar-refractivity contribution in [2.24, 2.45) is 0 Å². The Labute approximate surface area is 99.0 Å². The number of amides is 1. The molecule has 0 aliphatic heterocycles. The minimum absolute atomic E-state index is 0.0376. The van der Waals surface area contributed by atoms with Crippen LogP contribution in [0.1, 0.15) is 65.7 Å². The van der Waals surface area contributed by atoms with E-state index in [9.17, 15) is 9.59 Å². The van der Waals surface area contributed by atoms with Gasteiger partial charge in [-0.2, -0.15) is 0 Å². The first-order valence-corrected chi connectivity index (χ1v) is 6.38. The Hall–Kier alpha value is -0.860. The quantitative estimate of drug-likeness (QED) is 0.616. The lowest BCUT2D eigenvalue weighted by Crippen LogP contribution is -2.34. The van der Waals surface area contributed by atoms with Gasteiger partial charge in [0.2, 0.25) is 5.91 Å². The molecule has 0 rings (SSSR count). The Balaban J connectivity index is 3.90. The van der Waals surface area contributed by atoms with Crippen LogP contribution >= 0.6 is 0 Å². The summed E-state index contributed by atoms with van der Waals surface area (Å²) in [5, 5.41) is 2.86. The van der Waals surface area contributed by atoms with Crippen molar-refractivity contribution in [1.29, 1.82) is 0 Å². The average Bonchev–Trinajstić information content (AvgIpc) is 2.23. The molecule has 0 bridgehead atoms. The molecule has 0 saturated heterocycles. The Morgan fingerprint density at radius 2 is 1.81 bits per heavy atom. The summed E-state index contributed by atoms with van der Waals surface area (Å²) in [6.45, 7) is 5.55. The molecule has 0 saturated carbocycles. The van der Waals surface area contributed by atoms with Gasteiger partial charge in [0.1, 0.15) is 5.78 Å². The zero-order chi connectivity index (χ0) is 12.4. The van der Waals surface area contributed by atoms with Gasteiger partial charge in [-0.3, -0.25) is 9.59 Å². The Kier molecular flexibility index (Phi) is 8.87. The van der Waals surface area contributed by atoms with Gasteiger partial charge >= 0.3 is 0 Å². The summed E-state index contributed by atoms with van der Waals surface area (Å²) < 4.78 is 0. The largest absolute Gasteiger partial charge is 0.353 e. The van der Waals surface area contributed by atoms with Crippen molar-refractivity contribution < 1.29 is 9.59 Å². The normalized spacial score (nSPS) is 12.2. The molecule has 3 heteroatoms. The fraction of sp³-hybridized carbons (Fsp3) is 0.846. The van der Waals surface area contributed by atoms with E-state index >= 15 is 0 Å². The van der Waals surface area contributed by atoms with Gasteiger partial charge in [-0.05, 0) is 6.42 Å². The highest BCUT2D eigenvalue weighted by Crippen LogP contribution is 2.09. The number of carbonyl (C=O) groups excluding carboxylic acids is 2. The van der Waals surface area contributed by atoms with E-state index in [4.69, 9.17) is 0 Å².